The third-order valence-corrected chi connectivity index (χ3v) is 6.50. The van der Waals surface area contributed by atoms with Crippen LogP contribution in [0.5, 0.6) is 0 Å². The Morgan fingerprint density at radius 1 is 1.15 bits per heavy atom. The smallest absolute Gasteiger partial charge is 0.223 e. The molecule has 0 bridgehead atoms. The minimum atomic E-state index is -0.590. The fourth-order valence-corrected chi connectivity index (χ4v) is 4.81. The molecule has 1 atom stereocenters. The molecule has 0 aromatic heterocycles. The van der Waals surface area contributed by atoms with Gasteiger partial charge in [0.2, 0.25) is 5.91 Å². The van der Waals surface area contributed by atoms with E-state index in [-0.39, 0.29) is 11.3 Å². The van der Waals surface area contributed by atoms with Gasteiger partial charge in [0, 0.05) is 38.8 Å². The highest BCUT2D eigenvalue weighted by Crippen LogP contribution is 2.41. The van der Waals surface area contributed by atoms with E-state index < -0.39 is 11.6 Å². The van der Waals surface area contributed by atoms with Crippen LogP contribution < -0.4 is 0 Å². The van der Waals surface area contributed by atoms with E-state index in [4.69, 9.17) is 4.74 Å². The Labute approximate surface area is 159 Å². The summed E-state index contributed by atoms with van der Waals surface area (Å²) in [7, 11) is 0. The number of likely N-dealkylation sites (tertiary alicyclic amines) is 2. The van der Waals surface area contributed by atoms with E-state index in [1.807, 2.05) is 0 Å². The van der Waals surface area contributed by atoms with E-state index in [0.29, 0.717) is 31.0 Å². The second-order valence-electron chi connectivity index (χ2n) is 8.56. The number of hydrogen-bond donors (Lipinski definition) is 0. The topological polar surface area (TPSA) is 32.8 Å². The maximum absolute atomic E-state index is 13.4. The molecule has 4 rings (SSSR count). The maximum atomic E-state index is 13.4. The number of nitrogens with zero attached hydrogens (tertiary/aromatic N) is 2. The number of carbonyl (C=O) groups is 1. The van der Waals surface area contributed by atoms with Crippen LogP contribution in [0, 0.1) is 23.0 Å². The molecule has 27 heavy (non-hydrogen) atoms. The Bertz CT molecular complexity index is 663. The van der Waals surface area contributed by atoms with Gasteiger partial charge in [-0.05, 0) is 74.3 Å². The van der Waals surface area contributed by atoms with E-state index in [9.17, 15) is 13.6 Å². The number of piperidine rings is 1. The zero-order valence-electron chi connectivity index (χ0n) is 15.8. The second kappa shape index (κ2) is 7.84. The molecule has 0 aliphatic carbocycles. The van der Waals surface area contributed by atoms with Crippen LogP contribution in [0.15, 0.2) is 18.2 Å². The van der Waals surface area contributed by atoms with Crippen molar-refractivity contribution in [1.29, 1.82) is 0 Å². The number of benzene rings is 1. The highest BCUT2D eigenvalue weighted by Gasteiger charge is 2.44. The lowest BCUT2D eigenvalue weighted by Crippen LogP contribution is -2.42. The van der Waals surface area contributed by atoms with Crippen molar-refractivity contribution >= 4 is 5.91 Å². The van der Waals surface area contributed by atoms with Crippen molar-refractivity contribution in [3.63, 3.8) is 0 Å². The van der Waals surface area contributed by atoms with Gasteiger partial charge < -0.3 is 14.5 Å². The first kappa shape index (κ1) is 18.8. The summed E-state index contributed by atoms with van der Waals surface area (Å²) in [5, 5.41) is 0. The summed E-state index contributed by atoms with van der Waals surface area (Å²) < 4.78 is 32.3. The summed E-state index contributed by atoms with van der Waals surface area (Å²) >= 11 is 0. The number of ether oxygens (including phenoxy) is 1. The fraction of sp³-hybridized carbons (Fsp3) is 0.667. The van der Waals surface area contributed by atoms with Crippen molar-refractivity contribution in [3.05, 3.63) is 35.4 Å². The third-order valence-electron chi connectivity index (χ3n) is 6.50. The Hall–Kier alpha value is -1.53. The van der Waals surface area contributed by atoms with Gasteiger partial charge in [0.1, 0.15) is 11.6 Å². The zero-order chi connectivity index (χ0) is 18.9. The average Bonchev–Trinajstić information content (AvgIpc) is 3.23. The summed E-state index contributed by atoms with van der Waals surface area (Å²) in [5.41, 5.74) is 0.560. The molecule has 148 valence electrons. The largest absolute Gasteiger partial charge is 0.381 e. The summed E-state index contributed by atoms with van der Waals surface area (Å²) in [6.45, 7) is 5.98. The molecule has 6 heteroatoms. The van der Waals surface area contributed by atoms with Gasteiger partial charge in [-0.15, -0.1) is 0 Å². The van der Waals surface area contributed by atoms with Crippen molar-refractivity contribution in [1.82, 2.24) is 9.80 Å². The van der Waals surface area contributed by atoms with Gasteiger partial charge in [0.15, 0.2) is 0 Å². The average molecular weight is 378 g/mol. The molecule has 3 heterocycles. The number of rotatable bonds is 5. The van der Waals surface area contributed by atoms with Gasteiger partial charge in [0.25, 0.3) is 0 Å². The molecule has 3 aliphatic heterocycles. The van der Waals surface area contributed by atoms with Crippen molar-refractivity contribution in [2.45, 2.75) is 38.6 Å². The molecule has 0 saturated carbocycles. The summed E-state index contributed by atoms with van der Waals surface area (Å²) in [6.07, 6.45) is 4.99. The molecule has 1 aromatic rings. The van der Waals surface area contributed by atoms with Gasteiger partial charge in [0.05, 0.1) is 0 Å². The number of carbonyl (C=O) groups excluding carboxylic acids is 1. The molecular formula is C21H28F2N2O2. The third kappa shape index (κ3) is 4.49. The van der Waals surface area contributed by atoms with Gasteiger partial charge in [-0.25, -0.2) is 8.78 Å². The van der Waals surface area contributed by atoms with Crippen molar-refractivity contribution in [2.24, 2.45) is 11.3 Å². The Morgan fingerprint density at radius 3 is 2.56 bits per heavy atom. The molecule has 0 radical (unpaired) electrons. The summed E-state index contributed by atoms with van der Waals surface area (Å²) in [6, 6.07) is 3.50. The Balaban J connectivity index is 1.29. The van der Waals surface area contributed by atoms with E-state index in [0.717, 1.165) is 51.8 Å². The van der Waals surface area contributed by atoms with Crippen molar-refractivity contribution in [2.75, 3.05) is 39.4 Å². The molecule has 1 spiro atoms. The lowest BCUT2D eigenvalue weighted by atomic mass is 9.77. The van der Waals surface area contributed by atoms with Gasteiger partial charge in [-0.1, -0.05) is 0 Å². The van der Waals surface area contributed by atoms with Crippen LogP contribution in [0.4, 0.5) is 8.78 Å². The lowest BCUT2D eigenvalue weighted by molar-refractivity contribution is -0.128. The van der Waals surface area contributed by atoms with E-state index in [1.54, 1.807) is 4.90 Å². The van der Waals surface area contributed by atoms with Crippen LogP contribution in [-0.4, -0.2) is 55.1 Å². The van der Waals surface area contributed by atoms with Crippen LogP contribution >= 0.6 is 0 Å². The van der Waals surface area contributed by atoms with E-state index in [2.05, 4.69) is 4.90 Å². The SMILES string of the molecule is O=C1CC2(CCN(CCC3CCOC3)CC2)CN1Cc1cc(F)cc(F)c1. The number of hydrogen-bond acceptors (Lipinski definition) is 3. The van der Waals surface area contributed by atoms with Crippen LogP contribution in [0.25, 0.3) is 0 Å². The fourth-order valence-electron chi connectivity index (χ4n) is 4.81. The Kier molecular flexibility index (Phi) is 5.46. The first-order chi connectivity index (χ1) is 13.0. The summed E-state index contributed by atoms with van der Waals surface area (Å²) in [4.78, 5) is 16.8. The molecular weight excluding hydrogens is 350 g/mol. The van der Waals surface area contributed by atoms with Crippen molar-refractivity contribution < 1.29 is 18.3 Å². The quantitative estimate of drug-likeness (QED) is 0.789. The zero-order valence-corrected chi connectivity index (χ0v) is 15.8. The summed E-state index contributed by atoms with van der Waals surface area (Å²) in [5.74, 6) is -0.369. The van der Waals surface area contributed by atoms with Crippen molar-refractivity contribution in [3.8, 4) is 0 Å². The standard InChI is InChI=1S/C21H28F2N2O2/c22-18-9-17(10-19(23)11-18)13-25-15-21(12-20(25)26)3-6-24(7-4-21)5-1-16-2-8-27-14-16/h9-11,16H,1-8,12-15H2. The molecule has 4 nitrogen and oxygen atoms in total. The predicted octanol–water partition coefficient (Wildman–Crippen LogP) is 3.21. The monoisotopic (exact) mass is 378 g/mol. The van der Waals surface area contributed by atoms with Crippen LogP contribution in [0.1, 0.15) is 37.7 Å². The lowest BCUT2D eigenvalue weighted by Gasteiger charge is -2.39. The van der Waals surface area contributed by atoms with Gasteiger partial charge in [-0.3, -0.25) is 4.79 Å². The minimum absolute atomic E-state index is 0.0376. The highest BCUT2D eigenvalue weighted by molar-refractivity contribution is 5.79. The molecule has 3 aliphatic rings. The van der Waals surface area contributed by atoms with Crippen LogP contribution in [0.2, 0.25) is 0 Å². The molecule has 1 aromatic carbocycles. The number of halogens is 2. The maximum Gasteiger partial charge on any atom is 0.223 e. The molecule has 1 amide bonds. The normalized spacial score (nSPS) is 25.6. The minimum Gasteiger partial charge on any atom is -0.381 e. The first-order valence-electron chi connectivity index (χ1n) is 10.0. The van der Waals surface area contributed by atoms with Crippen LogP contribution in [-0.2, 0) is 16.1 Å². The Morgan fingerprint density at radius 2 is 1.89 bits per heavy atom. The highest BCUT2D eigenvalue weighted by atomic mass is 19.1. The number of amides is 1. The van der Waals surface area contributed by atoms with E-state index in [1.165, 1.54) is 25.0 Å². The molecule has 3 saturated heterocycles. The molecule has 1 unspecified atom stereocenters. The first-order valence-corrected chi connectivity index (χ1v) is 10.0. The van der Waals surface area contributed by atoms with Crippen LogP contribution in [0.3, 0.4) is 0 Å². The predicted molar refractivity (Wildman–Crippen MR) is 98.0 cm³/mol. The van der Waals surface area contributed by atoms with Gasteiger partial charge >= 0.3 is 0 Å². The van der Waals surface area contributed by atoms with E-state index >= 15 is 0 Å². The molecule has 3 fully saturated rings. The second-order valence-corrected chi connectivity index (χ2v) is 8.56. The molecule has 0 N–H and O–H groups in total. The van der Waals surface area contributed by atoms with Gasteiger partial charge in [-0.2, -0.15) is 0 Å².